The molecule has 4 heterocycles. The lowest BCUT2D eigenvalue weighted by molar-refractivity contribution is -0.193. The molecule has 0 radical (unpaired) electrons. The monoisotopic (exact) mass is 559 g/mol. The Hall–Kier alpha value is -3.21. The number of halogens is 6. The quantitative estimate of drug-likeness (QED) is 0.477. The van der Waals surface area contributed by atoms with E-state index in [0.29, 0.717) is 6.04 Å². The summed E-state index contributed by atoms with van der Waals surface area (Å²) in [5.74, 6) is -4.57. The Bertz CT molecular complexity index is 1010. The van der Waals surface area contributed by atoms with E-state index in [1.165, 1.54) is 0 Å². The average Bonchev–Trinajstić information content (AvgIpc) is 3.40. The Balaban J connectivity index is 0.000000286. The van der Waals surface area contributed by atoms with E-state index < -0.39 is 24.3 Å². The minimum absolute atomic E-state index is 0.0652. The number of carboxylic acids is 2. The minimum Gasteiger partial charge on any atom is -0.475 e. The fraction of sp³-hybridized carbons (Fsp3) is 0.550. The normalized spacial score (nSPS) is 21.4. The maximum Gasteiger partial charge on any atom is 0.490 e. The summed E-state index contributed by atoms with van der Waals surface area (Å²) in [6.45, 7) is 4.69. The molecule has 10 nitrogen and oxygen atoms in total. The molecule has 2 aliphatic heterocycles. The van der Waals surface area contributed by atoms with Crippen molar-refractivity contribution in [2.24, 2.45) is 0 Å². The van der Waals surface area contributed by atoms with Gasteiger partial charge in [-0.1, -0.05) is 17.4 Å². The topological polar surface area (TPSA) is 138 Å². The molecule has 1 spiro atoms. The zero-order valence-electron chi connectivity index (χ0n) is 19.2. The van der Waals surface area contributed by atoms with Gasteiger partial charge in [-0.05, 0) is 38.3 Å². The summed E-state index contributed by atoms with van der Waals surface area (Å²) in [7, 11) is 0. The van der Waals surface area contributed by atoms with Crippen molar-refractivity contribution >= 4 is 34.2 Å². The molecule has 0 bridgehead atoms. The Kier molecular flexibility index (Phi) is 10.0. The highest BCUT2D eigenvalue weighted by atomic mass is 32.1. The molecule has 2 aromatic rings. The lowest BCUT2D eigenvalue weighted by atomic mass is 9.89. The third kappa shape index (κ3) is 9.64. The van der Waals surface area contributed by atoms with Crippen LogP contribution < -0.4 is 10.2 Å². The van der Waals surface area contributed by atoms with Gasteiger partial charge in [0.15, 0.2) is 0 Å². The number of rotatable bonds is 3. The van der Waals surface area contributed by atoms with Crippen LogP contribution in [0.4, 0.5) is 37.3 Å². The fourth-order valence-corrected chi connectivity index (χ4v) is 4.23. The first-order valence-corrected chi connectivity index (χ1v) is 11.4. The summed E-state index contributed by atoms with van der Waals surface area (Å²) in [5, 5.41) is 28.2. The van der Waals surface area contributed by atoms with Gasteiger partial charge in [0, 0.05) is 31.9 Å². The van der Waals surface area contributed by atoms with Crippen molar-refractivity contribution in [3.8, 4) is 0 Å². The Morgan fingerprint density at radius 1 is 1.14 bits per heavy atom. The standard InChI is InChI=1S/C16H21N5OS.2C2HF3O2/c1-12-19-20-15(23-12)21-8-6-16(11-21)10-13(5-9-22-16)18-14-4-2-3-7-17-14;2*3-2(4,5)1(6)7/h2-4,7,13H,5-6,8-11H2,1H3,(H,17,18);2*(H,6,7)/t13-,16-;;/m1../s1. The van der Waals surface area contributed by atoms with Gasteiger partial charge >= 0.3 is 24.3 Å². The summed E-state index contributed by atoms with van der Waals surface area (Å²) in [6.07, 6.45) is -5.26. The molecule has 17 heteroatoms. The zero-order valence-corrected chi connectivity index (χ0v) is 20.0. The highest BCUT2D eigenvalue weighted by molar-refractivity contribution is 7.15. The number of carbonyl (C=O) groups is 2. The number of aromatic nitrogens is 3. The van der Waals surface area contributed by atoms with Crippen LogP contribution in [0, 0.1) is 6.92 Å². The van der Waals surface area contributed by atoms with Crippen molar-refractivity contribution in [1.29, 1.82) is 0 Å². The van der Waals surface area contributed by atoms with Crippen LogP contribution in [0.3, 0.4) is 0 Å². The second-order valence-electron chi connectivity index (χ2n) is 7.96. The van der Waals surface area contributed by atoms with Gasteiger partial charge in [0.2, 0.25) is 5.13 Å². The Labute approximate surface area is 210 Å². The minimum atomic E-state index is -5.08. The molecule has 0 unspecified atom stereocenters. The fourth-order valence-electron chi connectivity index (χ4n) is 3.51. The van der Waals surface area contributed by atoms with Gasteiger partial charge in [0.05, 0.1) is 5.60 Å². The second-order valence-corrected chi connectivity index (χ2v) is 9.12. The van der Waals surface area contributed by atoms with Crippen molar-refractivity contribution in [3.05, 3.63) is 29.4 Å². The van der Waals surface area contributed by atoms with Gasteiger partial charge in [-0.2, -0.15) is 26.3 Å². The predicted octanol–water partition coefficient (Wildman–Crippen LogP) is 3.75. The first-order chi connectivity index (χ1) is 17.1. The molecular weight excluding hydrogens is 536 g/mol. The van der Waals surface area contributed by atoms with Crippen LogP contribution in [-0.4, -0.2) is 81.0 Å². The molecule has 0 saturated carbocycles. The van der Waals surface area contributed by atoms with E-state index in [1.807, 2.05) is 31.3 Å². The number of ether oxygens (including phenoxy) is 1. The molecule has 0 amide bonds. The van der Waals surface area contributed by atoms with Gasteiger partial charge in [0.25, 0.3) is 0 Å². The van der Waals surface area contributed by atoms with E-state index >= 15 is 0 Å². The van der Waals surface area contributed by atoms with Crippen LogP contribution in [0.15, 0.2) is 24.4 Å². The first-order valence-electron chi connectivity index (χ1n) is 10.6. The summed E-state index contributed by atoms with van der Waals surface area (Å²) in [4.78, 5) is 24.5. The molecule has 2 aromatic heterocycles. The maximum atomic E-state index is 10.6. The number of nitrogens with one attached hydrogen (secondary N) is 1. The van der Waals surface area contributed by atoms with Crippen molar-refractivity contribution in [2.75, 3.05) is 29.9 Å². The maximum absolute atomic E-state index is 10.6. The molecule has 3 N–H and O–H groups in total. The van der Waals surface area contributed by atoms with Crippen LogP contribution in [0.1, 0.15) is 24.3 Å². The molecule has 2 saturated heterocycles. The molecule has 4 rings (SSSR count). The summed E-state index contributed by atoms with van der Waals surface area (Å²) in [5.41, 5.74) is -0.0652. The second kappa shape index (κ2) is 12.4. The largest absolute Gasteiger partial charge is 0.490 e. The van der Waals surface area contributed by atoms with Crippen molar-refractivity contribution in [1.82, 2.24) is 15.2 Å². The van der Waals surface area contributed by atoms with Gasteiger partial charge in [-0.25, -0.2) is 14.6 Å². The van der Waals surface area contributed by atoms with Crippen molar-refractivity contribution < 1.29 is 50.9 Å². The molecule has 2 atom stereocenters. The first kappa shape index (κ1) is 30.0. The van der Waals surface area contributed by atoms with Gasteiger partial charge in [-0.3, -0.25) is 0 Å². The molecule has 37 heavy (non-hydrogen) atoms. The number of anilines is 2. The van der Waals surface area contributed by atoms with E-state index in [1.54, 1.807) is 11.3 Å². The van der Waals surface area contributed by atoms with Gasteiger partial charge in [-0.15, -0.1) is 10.2 Å². The van der Waals surface area contributed by atoms with Gasteiger partial charge < -0.3 is 25.2 Å². The number of hydrogen-bond acceptors (Lipinski definition) is 9. The average molecular weight is 559 g/mol. The number of aliphatic carboxylic acids is 2. The SMILES string of the molecule is Cc1nnc(N2CC[C@@]3(C[C@H](Nc4ccccn4)CCO3)C2)s1.O=C(O)C(F)(F)F.O=C(O)C(F)(F)F. The van der Waals surface area contributed by atoms with Crippen LogP contribution in [0.2, 0.25) is 0 Å². The smallest absolute Gasteiger partial charge is 0.475 e. The summed E-state index contributed by atoms with van der Waals surface area (Å²) >= 11 is 1.66. The Morgan fingerprint density at radius 2 is 1.76 bits per heavy atom. The highest BCUT2D eigenvalue weighted by Gasteiger charge is 2.44. The van der Waals surface area contributed by atoms with E-state index in [0.717, 1.165) is 54.9 Å². The number of nitrogens with zero attached hydrogens (tertiary/aromatic N) is 4. The number of carboxylic acid groups (broad SMARTS) is 2. The lowest BCUT2D eigenvalue weighted by Gasteiger charge is -2.38. The summed E-state index contributed by atoms with van der Waals surface area (Å²) < 4.78 is 69.7. The molecule has 0 aromatic carbocycles. The lowest BCUT2D eigenvalue weighted by Crippen LogP contribution is -2.46. The number of alkyl halides is 6. The van der Waals surface area contributed by atoms with E-state index in [-0.39, 0.29) is 5.60 Å². The van der Waals surface area contributed by atoms with E-state index in [4.69, 9.17) is 24.5 Å². The summed E-state index contributed by atoms with van der Waals surface area (Å²) in [6, 6.07) is 6.39. The third-order valence-corrected chi connectivity index (χ3v) is 6.00. The molecule has 2 fully saturated rings. The number of aryl methyl sites for hydroxylation is 1. The Morgan fingerprint density at radius 3 is 2.24 bits per heavy atom. The van der Waals surface area contributed by atoms with E-state index in [2.05, 4.69) is 25.4 Å². The van der Waals surface area contributed by atoms with Crippen LogP contribution in [0.5, 0.6) is 0 Å². The number of pyridine rings is 1. The third-order valence-electron chi connectivity index (χ3n) is 5.10. The highest BCUT2D eigenvalue weighted by Crippen LogP contribution is 2.37. The van der Waals surface area contributed by atoms with Crippen LogP contribution in [-0.2, 0) is 14.3 Å². The molecule has 0 aliphatic carbocycles. The van der Waals surface area contributed by atoms with Crippen LogP contribution in [0.25, 0.3) is 0 Å². The molecule has 206 valence electrons. The van der Waals surface area contributed by atoms with Gasteiger partial charge in [0.1, 0.15) is 10.8 Å². The van der Waals surface area contributed by atoms with Crippen molar-refractivity contribution in [2.45, 2.75) is 50.2 Å². The zero-order chi connectivity index (χ0) is 27.9. The number of hydrogen-bond donors (Lipinski definition) is 3. The molecular formula is C20H23F6N5O5S. The molecule has 2 aliphatic rings. The van der Waals surface area contributed by atoms with Crippen LogP contribution >= 0.6 is 11.3 Å². The predicted molar refractivity (Wildman–Crippen MR) is 118 cm³/mol. The van der Waals surface area contributed by atoms with E-state index in [9.17, 15) is 26.3 Å². The van der Waals surface area contributed by atoms with Crippen molar-refractivity contribution in [3.63, 3.8) is 0 Å².